The van der Waals surface area contributed by atoms with Crippen molar-refractivity contribution in [3.63, 3.8) is 0 Å². The van der Waals surface area contributed by atoms with Crippen molar-refractivity contribution in [2.24, 2.45) is 0 Å². The average molecular weight is 483 g/mol. The average Bonchev–Trinajstić information content (AvgIpc) is 3.42. The quantitative estimate of drug-likeness (QED) is 0.373. The van der Waals surface area contributed by atoms with E-state index in [9.17, 15) is 14.4 Å². The van der Waals surface area contributed by atoms with Crippen molar-refractivity contribution in [1.29, 1.82) is 0 Å². The SMILES string of the molecule is Cc1ccc(NC(=O)[C@@H](c2ccncc2)N(Cc2ccco2)C(=O)CNC(=O)c2ccccc2)cc1. The lowest BCUT2D eigenvalue weighted by molar-refractivity contribution is -0.139. The van der Waals surface area contributed by atoms with Crippen LogP contribution in [-0.2, 0) is 16.1 Å². The number of amides is 3. The molecule has 0 aliphatic heterocycles. The zero-order valence-corrected chi connectivity index (χ0v) is 19.8. The number of carbonyl (C=O) groups is 3. The molecule has 36 heavy (non-hydrogen) atoms. The number of rotatable bonds is 9. The Kier molecular flexibility index (Phi) is 7.87. The third-order valence-electron chi connectivity index (χ3n) is 5.56. The van der Waals surface area contributed by atoms with Gasteiger partial charge in [-0.15, -0.1) is 0 Å². The van der Waals surface area contributed by atoms with Crippen LogP contribution >= 0.6 is 0 Å². The van der Waals surface area contributed by atoms with Gasteiger partial charge in [-0.25, -0.2) is 0 Å². The molecule has 0 unspecified atom stereocenters. The van der Waals surface area contributed by atoms with Crippen LogP contribution in [0.15, 0.2) is 102 Å². The molecule has 1 atom stereocenters. The summed E-state index contributed by atoms with van der Waals surface area (Å²) >= 11 is 0. The summed E-state index contributed by atoms with van der Waals surface area (Å²) in [5.41, 5.74) is 2.67. The van der Waals surface area contributed by atoms with E-state index in [1.165, 1.54) is 11.2 Å². The molecule has 2 N–H and O–H groups in total. The van der Waals surface area contributed by atoms with Crippen LogP contribution in [0.5, 0.6) is 0 Å². The normalized spacial score (nSPS) is 11.4. The van der Waals surface area contributed by atoms with Crippen LogP contribution in [0, 0.1) is 6.92 Å². The molecule has 182 valence electrons. The molecule has 2 aromatic carbocycles. The molecule has 2 heterocycles. The minimum atomic E-state index is -1.000. The third kappa shape index (κ3) is 6.24. The van der Waals surface area contributed by atoms with Gasteiger partial charge in [0.15, 0.2) is 0 Å². The van der Waals surface area contributed by atoms with Crippen molar-refractivity contribution in [3.05, 3.63) is 120 Å². The van der Waals surface area contributed by atoms with Gasteiger partial charge in [-0.1, -0.05) is 35.9 Å². The molecule has 0 radical (unpaired) electrons. The molecule has 0 aliphatic carbocycles. The molecule has 0 saturated heterocycles. The monoisotopic (exact) mass is 482 g/mol. The first-order valence-corrected chi connectivity index (χ1v) is 11.4. The van der Waals surface area contributed by atoms with Crippen LogP contribution in [0.4, 0.5) is 5.69 Å². The molecule has 4 rings (SSSR count). The zero-order chi connectivity index (χ0) is 25.3. The highest BCUT2D eigenvalue weighted by Crippen LogP contribution is 2.25. The van der Waals surface area contributed by atoms with Crippen molar-refractivity contribution >= 4 is 23.4 Å². The van der Waals surface area contributed by atoms with Crippen LogP contribution in [0.3, 0.4) is 0 Å². The fourth-order valence-corrected chi connectivity index (χ4v) is 3.71. The van der Waals surface area contributed by atoms with Gasteiger partial charge in [0.1, 0.15) is 11.8 Å². The van der Waals surface area contributed by atoms with Gasteiger partial charge in [0, 0.05) is 23.6 Å². The van der Waals surface area contributed by atoms with Crippen molar-refractivity contribution in [3.8, 4) is 0 Å². The molecule has 3 amide bonds. The fourth-order valence-electron chi connectivity index (χ4n) is 3.71. The van der Waals surface area contributed by atoms with Crippen molar-refractivity contribution in [2.75, 3.05) is 11.9 Å². The number of anilines is 1. The topological polar surface area (TPSA) is 105 Å². The van der Waals surface area contributed by atoms with Crippen LogP contribution in [0.1, 0.15) is 33.3 Å². The van der Waals surface area contributed by atoms with Gasteiger partial charge in [0.05, 0.1) is 19.4 Å². The van der Waals surface area contributed by atoms with Crippen molar-refractivity contribution in [2.45, 2.75) is 19.5 Å². The Hall–Kier alpha value is -4.72. The van der Waals surface area contributed by atoms with E-state index >= 15 is 0 Å². The number of hydrogen-bond donors (Lipinski definition) is 2. The van der Waals surface area contributed by atoms with Gasteiger partial charge in [0.25, 0.3) is 11.8 Å². The minimum absolute atomic E-state index is 0.0291. The zero-order valence-electron chi connectivity index (χ0n) is 19.8. The van der Waals surface area contributed by atoms with Gasteiger partial charge in [0.2, 0.25) is 5.91 Å². The predicted molar refractivity (Wildman–Crippen MR) is 135 cm³/mol. The Balaban J connectivity index is 1.62. The summed E-state index contributed by atoms with van der Waals surface area (Å²) in [6.45, 7) is 1.69. The van der Waals surface area contributed by atoms with Crippen molar-refractivity contribution < 1.29 is 18.8 Å². The highest BCUT2D eigenvalue weighted by Gasteiger charge is 2.32. The summed E-state index contributed by atoms with van der Waals surface area (Å²) < 4.78 is 5.48. The van der Waals surface area contributed by atoms with Crippen LogP contribution in [-0.4, -0.2) is 34.2 Å². The predicted octanol–water partition coefficient (Wildman–Crippen LogP) is 4.12. The van der Waals surface area contributed by atoms with Gasteiger partial charge in [-0.2, -0.15) is 0 Å². The maximum Gasteiger partial charge on any atom is 0.251 e. The number of furan rings is 1. The van der Waals surface area contributed by atoms with E-state index in [0.717, 1.165) is 5.56 Å². The maximum atomic E-state index is 13.6. The smallest absolute Gasteiger partial charge is 0.251 e. The lowest BCUT2D eigenvalue weighted by Gasteiger charge is -2.31. The summed E-state index contributed by atoms with van der Waals surface area (Å²) in [7, 11) is 0. The number of nitrogens with one attached hydrogen (secondary N) is 2. The van der Waals surface area contributed by atoms with Crippen LogP contribution in [0.2, 0.25) is 0 Å². The van der Waals surface area contributed by atoms with Gasteiger partial charge < -0.3 is 20.0 Å². The standard InChI is InChI=1S/C28H26N4O4/c1-20-9-11-23(12-10-20)31-28(35)26(21-13-15-29-16-14-21)32(19-24-8-5-17-36-24)25(33)18-30-27(34)22-6-3-2-4-7-22/h2-17,26H,18-19H2,1H3,(H,30,34)(H,31,35)/t26-/m1/s1. The molecular formula is C28H26N4O4. The number of aryl methyl sites for hydroxylation is 1. The largest absolute Gasteiger partial charge is 0.467 e. The van der Waals surface area contributed by atoms with E-state index in [4.69, 9.17) is 4.42 Å². The molecule has 0 saturated carbocycles. The highest BCUT2D eigenvalue weighted by molar-refractivity contribution is 5.99. The Morgan fingerprint density at radius 1 is 0.917 bits per heavy atom. The van der Waals surface area contributed by atoms with Crippen LogP contribution in [0.25, 0.3) is 0 Å². The number of carbonyl (C=O) groups excluding carboxylic acids is 3. The molecule has 8 heteroatoms. The van der Waals surface area contributed by atoms with Gasteiger partial charge in [-0.05, 0) is 61.0 Å². The van der Waals surface area contributed by atoms with E-state index in [2.05, 4.69) is 15.6 Å². The third-order valence-corrected chi connectivity index (χ3v) is 5.56. The van der Waals surface area contributed by atoms with Crippen LogP contribution < -0.4 is 10.6 Å². The summed E-state index contributed by atoms with van der Waals surface area (Å²) in [6.07, 6.45) is 4.63. The summed E-state index contributed by atoms with van der Waals surface area (Å²) in [5, 5.41) is 5.56. The minimum Gasteiger partial charge on any atom is -0.467 e. The number of pyridine rings is 1. The molecule has 2 aromatic heterocycles. The Morgan fingerprint density at radius 3 is 2.31 bits per heavy atom. The fraction of sp³-hybridized carbons (Fsp3) is 0.143. The summed E-state index contributed by atoms with van der Waals surface area (Å²) in [5.74, 6) is -0.734. The number of hydrogen-bond acceptors (Lipinski definition) is 5. The Labute approximate surface area is 209 Å². The molecule has 8 nitrogen and oxygen atoms in total. The summed E-state index contributed by atoms with van der Waals surface area (Å²) in [4.78, 5) is 45.1. The van der Waals surface area contributed by atoms with E-state index in [-0.39, 0.29) is 19.0 Å². The molecular weight excluding hydrogens is 456 g/mol. The Bertz CT molecular complexity index is 1290. The summed E-state index contributed by atoms with van der Waals surface area (Å²) in [6, 6.07) is 21.8. The number of aromatic nitrogens is 1. The van der Waals surface area contributed by atoms with E-state index in [1.54, 1.807) is 79.1 Å². The molecule has 0 aliphatic rings. The van der Waals surface area contributed by atoms with E-state index < -0.39 is 17.9 Å². The van der Waals surface area contributed by atoms with Gasteiger partial charge >= 0.3 is 0 Å². The highest BCUT2D eigenvalue weighted by atomic mass is 16.3. The Morgan fingerprint density at radius 2 is 1.64 bits per heavy atom. The molecule has 4 aromatic rings. The van der Waals surface area contributed by atoms with E-state index in [0.29, 0.717) is 22.6 Å². The first kappa shape index (κ1) is 24.4. The van der Waals surface area contributed by atoms with Gasteiger partial charge in [-0.3, -0.25) is 19.4 Å². The first-order valence-electron chi connectivity index (χ1n) is 11.4. The second-order valence-corrected chi connectivity index (χ2v) is 8.19. The lowest BCUT2D eigenvalue weighted by atomic mass is 10.0. The van der Waals surface area contributed by atoms with E-state index in [1.807, 2.05) is 19.1 Å². The molecule has 0 fully saturated rings. The molecule has 0 bridgehead atoms. The van der Waals surface area contributed by atoms with Crippen molar-refractivity contribution in [1.82, 2.24) is 15.2 Å². The molecule has 0 spiro atoms. The second-order valence-electron chi connectivity index (χ2n) is 8.19. The lowest BCUT2D eigenvalue weighted by Crippen LogP contribution is -2.45. The first-order chi connectivity index (χ1) is 17.5. The second kappa shape index (κ2) is 11.6. The number of benzene rings is 2. The number of nitrogens with zero attached hydrogens (tertiary/aromatic N) is 2. The maximum absolute atomic E-state index is 13.6.